The molecule has 1 aromatic heterocycles. The zero-order valence-electron chi connectivity index (χ0n) is 11.4. The zero-order chi connectivity index (χ0) is 15.6. The normalized spacial score (nSPS) is 11.6. The quantitative estimate of drug-likeness (QED) is 0.818. The second-order valence-electron chi connectivity index (χ2n) is 4.40. The SMILES string of the molecule is CNCc1scc(C)c1S(=O)(=O)Nc1c(F)cccc1Br. The first kappa shape index (κ1) is 16.4. The molecule has 2 N–H and O–H groups in total. The number of sulfonamides is 1. The molecule has 1 aromatic carbocycles. The van der Waals surface area contributed by atoms with Gasteiger partial charge in [-0.05, 0) is 53.0 Å². The summed E-state index contributed by atoms with van der Waals surface area (Å²) < 4.78 is 41.6. The van der Waals surface area contributed by atoms with Crippen molar-refractivity contribution in [2.75, 3.05) is 11.8 Å². The van der Waals surface area contributed by atoms with Crippen molar-refractivity contribution in [3.05, 3.63) is 44.3 Å². The topological polar surface area (TPSA) is 58.2 Å². The molecule has 1 heterocycles. The fourth-order valence-corrected chi connectivity index (χ4v) is 5.40. The van der Waals surface area contributed by atoms with Crippen LogP contribution in [0.3, 0.4) is 0 Å². The third kappa shape index (κ3) is 3.45. The highest BCUT2D eigenvalue weighted by Crippen LogP contribution is 2.32. The molecule has 21 heavy (non-hydrogen) atoms. The average molecular weight is 393 g/mol. The Morgan fingerprint density at radius 2 is 2.10 bits per heavy atom. The molecule has 8 heteroatoms. The molecule has 0 aliphatic carbocycles. The molecular formula is C13H14BrFN2O2S2. The van der Waals surface area contributed by atoms with Gasteiger partial charge in [-0.3, -0.25) is 4.72 Å². The van der Waals surface area contributed by atoms with Gasteiger partial charge in [-0.1, -0.05) is 6.07 Å². The molecule has 0 spiro atoms. The van der Waals surface area contributed by atoms with Crippen molar-refractivity contribution in [3.8, 4) is 0 Å². The Hall–Kier alpha value is -0.960. The molecule has 4 nitrogen and oxygen atoms in total. The smallest absolute Gasteiger partial charge is 0.263 e. The molecule has 0 bridgehead atoms. The van der Waals surface area contributed by atoms with Gasteiger partial charge < -0.3 is 5.32 Å². The van der Waals surface area contributed by atoms with Crippen LogP contribution in [0.2, 0.25) is 0 Å². The van der Waals surface area contributed by atoms with Crippen LogP contribution < -0.4 is 10.0 Å². The van der Waals surface area contributed by atoms with Gasteiger partial charge >= 0.3 is 0 Å². The maximum Gasteiger partial charge on any atom is 0.263 e. The third-order valence-corrected chi connectivity index (χ3v) is 6.27. The molecule has 0 radical (unpaired) electrons. The predicted molar refractivity (Wildman–Crippen MR) is 86.7 cm³/mol. The number of thiophene rings is 1. The Balaban J connectivity index is 2.46. The number of benzene rings is 1. The molecule has 0 aliphatic rings. The summed E-state index contributed by atoms with van der Waals surface area (Å²) in [4.78, 5) is 0.895. The van der Waals surface area contributed by atoms with Gasteiger partial charge in [0.15, 0.2) is 0 Å². The summed E-state index contributed by atoms with van der Waals surface area (Å²) in [5.74, 6) is -0.629. The van der Waals surface area contributed by atoms with Gasteiger partial charge in [-0.2, -0.15) is 0 Å². The standard InChI is InChI=1S/C13H14BrFN2O2S2/c1-8-7-20-11(6-16-2)13(8)21(18,19)17-12-9(14)4-3-5-10(12)15/h3-5,7,16-17H,6H2,1-2H3. The van der Waals surface area contributed by atoms with Crippen molar-refractivity contribution in [2.45, 2.75) is 18.4 Å². The van der Waals surface area contributed by atoms with Crippen LogP contribution in [0.1, 0.15) is 10.4 Å². The fraction of sp³-hybridized carbons (Fsp3) is 0.231. The number of para-hydroxylation sites is 1. The largest absolute Gasteiger partial charge is 0.315 e. The maximum absolute atomic E-state index is 13.8. The molecule has 2 rings (SSSR count). The van der Waals surface area contributed by atoms with Gasteiger partial charge in [0, 0.05) is 15.9 Å². The van der Waals surface area contributed by atoms with Crippen molar-refractivity contribution in [3.63, 3.8) is 0 Å². The highest BCUT2D eigenvalue weighted by atomic mass is 79.9. The highest BCUT2D eigenvalue weighted by Gasteiger charge is 2.24. The average Bonchev–Trinajstić information content (AvgIpc) is 2.77. The minimum atomic E-state index is -3.85. The zero-order valence-corrected chi connectivity index (χ0v) is 14.6. The number of aryl methyl sites for hydroxylation is 1. The molecule has 0 atom stereocenters. The summed E-state index contributed by atoms with van der Waals surface area (Å²) in [7, 11) is -2.11. The van der Waals surface area contributed by atoms with Gasteiger partial charge in [0.2, 0.25) is 0 Å². The van der Waals surface area contributed by atoms with Gasteiger partial charge in [0.25, 0.3) is 10.0 Å². The number of anilines is 1. The molecule has 0 fully saturated rings. The molecule has 0 saturated heterocycles. The van der Waals surface area contributed by atoms with Crippen LogP contribution in [0, 0.1) is 12.7 Å². The van der Waals surface area contributed by atoms with Gasteiger partial charge in [0.1, 0.15) is 10.7 Å². The van der Waals surface area contributed by atoms with Crippen LogP contribution in [0.5, 0.6) is 0 Å². The lowest BCUT2D eigenvalue weighted by Crippen LogP contribution is -2.17. The van der Waals surface area contributed by atoms with E-state index >= 15 is 0 Å². The van der Waals surface area contributed by atoms with Crippen LogP contribution >= 0.6 is 27.3 Å². The highest BCUT2D eigenvalue weighted by molar-refractivity contribution is 9.10. The van der Waals surface area contributed by atoms with E-state index in [-0.39, 0.29) is 10.6 Å². The van der Waals surface area contributed by atoms with E-state index in [2.05, 4.69) is 26.0 Å². The second kappa shape index (κ2) is 6.43. The summed E-state index contributed by atoms with van der Waals surface area (Å²) in [6, 6.07) is 4.28. The van der Waals surface area contributed by atoms with Crippen LogP contribution in [-0.4, -0.2) is 15.5 Å². The lowest BCUT2D eigenvalue weighted by Gasteiger charge is -2.12. The van der Waals surface area contributed by atoms with E-state index in [0.29, 0.717) is 21.5 Å². The molecule has 0 aliphatic heterocycles. The van der Waals surface area contributed by atoms with Crippen molar-refractivity contribution >= 4 is 43.0 Å². The molecule has 0 amide bonds. The number of nitrogens with one attached hydrogen (secondary N) is 2. The van der Waals surface area contributed by atoms with Crippen molar-refractivity contribution in [1.82, 2.24) is 5.32 Å². The van der Waals surface area contributed by atoms with Crippen LogP contribution in [0.4, 0.5) is 10.1 Å². The first-order valence-electron chi connectivity index (χ1n) is 6.05. The summed E-state index contributed by atoms with van der Waals surface area (Å²) in [5.41, 5.74) is 0.559. The molecule has 0 unspecified atom stereocenters. The van der Waals surface area contributed by atoms with E-state index in [0.717, 1.165) is 0 Å². The van der Waals surface area contributed by atoms with Crippen molar-refractivity contribution < 1.29 is 12.8 Å². The Morgan fingerprint density at radius 1 is 1.38 bits per heavy atom. The lowest BCUT2D eigenvalue weighted by molar-refractivity contribution is 0.596. The maximum atomic E-state index is 13.8. The number of hydrogen-bond donors (Lipinski definition) is 2. The second-order valence-corrected chi connectivity index (χ2v) is 7.84. The van der Waals surface area contributed by atoms with E-state index in [9.17, 15) is 12.8 Å². The fourth-order valence-electron chi connectivity index (χ4n) is 1.91. The molecule has 114 valence electrons. The number of hydrogen-bond acceptors (Lipinski definition) is 4. The van der Waals surface area contributed by atoms with Crippen molar-refractivity contribution in [2.24, 2.45) is 0 Å². The van der Waals surface area contributed by atoms with Crippen LogP contribution in [-0.2, 0) is 16.6 Å². The van der Waals surface area contributed by atoms with Gasteiger partial charge in [-0.25, -0.2) is 12.8 Å². The predicted octanol–water partition coefficient (Wildman–Crippen LogP) is 3.48. The summed E-state index contributed by atoms with van der Waals surface area (Å²) in [6.45, 7) is 2.16. The Labute approximate surface area is 135 Å². The summed E-state index contributed by atoms with van der Waals surface area (Å²) in [6.07, 6.45) is 0. The van der Waals surface area contributed by atoms with E-state index in [4.69, 9.17) is 0 Å². The van der Waals surface area contributed by atoms with E-state index in [1.165, 1.54) is 23.5 Å². The monoisotopic (exact) mass is 392 g/mol. The lowest BCUT2D eigenvalue weighted by atomic mass is 10.3. The molecule has 0 saturated carbocycles. The van der Waals surface area contributed by atoms with Crippen molar-refractivity contribution in [1.29, 1.82) is 0 Å². The summed E-state index contributed by atoms with van der Waals surface area (Å²) >= 11 is 4.51. The first-order chi connectivity index (χ1) is 9.86. The minimum absolute atomic E-state index is 0.0847. The molecule has 2 aromatic rings. The Morgan fingerprint density at radius 3 is 2.71 bits per heavy atom. The number of rotatable bonds is 5. The van der Waals surface area contributed by atoms with E-state index in [1.807, 2.05) is 0 Å². The van der Waals surface area contributed by atoms with Crippen LogP contribution in [0.25, 0.3) is 0 Å². The Kier molecular flexibility index (Phi) is 5.03. The third-order valence-electron chi connectivity index (χ3n) is 2.79. The molecular weight excluding hydrogens is 379 g/mol. The first-order valence-corrected chi connectivity index (χ1v) is 9.20. The van der Waals surface area contributed by atoms with E-state index in [1.54, 1.807) is 25.4 Å². The Bertz CT molecular complexity index is 739. The van der Waals surface area contributed by atoms with Gasteiger partial charge in [0.05, 0.1) is 5.69 Å². The van der Waals surface area contributed by atoms with E-state index < -0.39 is 15.8 Å². The minimum Gasteiger partial charge on any atom is -0.315 e. The van der Waals surface area contributed by atoms with Crippen LogP contribution in [0.15, 0.2) is 32.9 Å². The summed E-state index contributed by atoms with van der Waals surface area (Å²) in [5, 5.41) is 4.71. The number of halogens is 2. The van der Waals surface area contributed by atoms with Gasteiger partial charge in [-0.15, -0.1) is 11.3 Å².